The third-order valence-corrected chi connectivity index (χ3v) is 1.34. The first kappa shape index (κ1) is 10.0. The van der Waals surface area contributed by atoms with Crippen LogP contribution < -0.4 is 0 Å². The highest BCUT2D eigenvalue weighted by atomic mass is 13.8. The fourth-order valence-corrected chi connectivity index (χ4v) is 0.711. The van der Waals surface area contributed by atoms with Gasteiger partial charge < -0.3 is 0 Å². The number of unbranched alkanes of at least 4 members (excludes halogenated alkanes) is 2. The summed E-state index contributed by atoms with van der Waals surface area (Å²) in [5, 5.41) is 0. The van der Waals surface area contributed by atoms with Crippen LogP contribution in [0.25, 0.3) is 0 Å². The first-order valence-electron chi connectivity index (χ1n) is 4.17. The Morgan fingerprint density at radius 3 is 2.64 bits per heavy atom. The molecule has 0 rings (SSSR count). The predicted molar refractivity (Wildman–Crippen MR) is 51.3 cm³/mol. The Labute approximate surface area is 70.0 Å². The quantitative estimate of drug-likeness (QED) is 0.319. The number of terminal acetylenes is 1. The monoisotopic (exact) mass is 148 g/mol. The normalized spacial score (nSPS) is 10.9. The fraction of sp³-hybridized carbons (Fsp3) is 0.455. The maximum Gasteiger partial charge on any atom is 0.0270 e. The van der Waals surface area contributed by atoms with Crippen molar-refractivity contribution in [3.8, 4) is 12.3 Å². The number of hydrogen-bond donors (Lipinski definition) is 0. The van der Waals surface area contributed by atoms with Crippen LogP contribution in [0.4, 0.5) is 0 Å². The molecule has 0 heteroatoms. The molecule has 0 aromatic heterocycles. The van der Waals surface area contributed by atoms with E-state index in [1.807, 2.05) is 12.2 Å². The predicted octanol–water partition coefficient (Wildman–Crippen LogP) is 3.31. The molecule has 0 aliphatic carbocycles. The molecule has 0 aliphatic heterocycles. The highest BCUT2D eigenvalue weighted by Gasteiger charge is 1.74. The SMILES string of the molecule is C#CC/C=C\C=C/CCCC. The Balaban J connectivity index is 3.23. The van der Waals surface area contributed by atoms with Crippen LogP contribution in [0.1, 0.15) is 32.6 Å². The van der Waals surface area contributed by atoms with E-state index in [9.17, 15) is 0 Å². The zero-order valence-electron chi connectivity index (χ0n) is 7.22. The molecule has 0 unspecified atom stereocenters. The summed E-state index contributed by atoms with van der Waals surface area (Å²) in [5.41, 5.74) is 0. The second kappa shape index (κ2) is 9.04. The van der Waals surface area contributed by atoms with Crippen molar-refractivity contribution in [2.45, 2.75) is 32.6 Å². The Bertz CT molecular complexity index is 155. The molecule has 11 heavy (non-hydrogen) atoms. The molecule has 0 radical (unpaired) electrons. The summed E-state index contributed by atoms with van der Waals surface area (Å²) in [5.74, 6) is 2.55. The molecular formula is C11H16. The van der Waals surface area contributed by atoms with Gasteiger partial charge in [0.25, 0.3) is 0 Å². The first-order valence-corrected chi connectivity index (χ1v) is 4.17. The van der Waals surface area contributed by atoms with Gasteiger partial charge in [0.2, 0.25) is 0 Å². The van der Waals surface area contributed by atoms with E-state index in [0.717, 1.165) is 6.42 Å². The second-order valence-corrected chi connectivity index (χ2v) is 2.41. The van der Waals surface area contributed by atoms with Crippen molar-refractivity contribution in [1.82, 2.24) is 0 Å². The Kier molecular flexibility index (Phi) is 8.25. The molecule has 0 fully saturated rings. The lowest BCUT2D eigenvalue weighted by Gasteiger charge is -1.85. The third kappa shape index (κ3) is 9.04. The van der Waals surface area contributed by atoms with Gasteiger partial charge in [0, 0.05) is 6.42 Å². The van der Waals surface area contributed by atoms with Crippen LogP contribution >= 0.6 is 0 Å². The van der Waals surface area contributed by atoms with Gasteiger partial charge in [-0.1, -0.05) is 44.1 Å². The minimum atomic E-state index is 0.734. The van der Waals surface area contributed by atoms with Gasteiger partial charge >= 0.3 is 0 Å². The average molecular weight is 148 g/mol. The highest BCUT2D eigenvalue weighted by molar-refractivity contribution is 5.06. The van der Waals surface area contributed by atoms with E-state index in [1.165, 1.54) is 19.3 Å². The van der Waals surface area contributed by atoms with Crippen LogP contribution in [0.15, 0.2) is 24.3 Å². The van der Waals surface area contributed by atoms with Crippen LogP contribution in [0.2, 0.25) is 0 Å². The standard InChI is InChI=1S/C11H16/c1-3-5-7-9-11-10-8-6-4-2/h1,7,9-11H,4-6,8H2,2H3/b9-7-,11-10-. The lowest BCUT2D eigenvalue weighted by atomic mass is 10.2. The summed E-state index contributed by atoms with van der Waals surface area (Å²) in [4.78, 5) is 0. The van der Waals surface area contributed by atoms with Gasteiger partial charge in [0.1, 0.15) is 0 Å². The van der Waals surface area contributed by atoms with Crippen molar-refractivity contribution in [3.05, 3.63) is 24.3 Å². The molecule has 0 atom stereocenters. The summed E-state index contributed by atoms with van der Waals surface area (Å²) in [6.45, 7) is 2.20. The molecule has 0 spiro atoms. The third-order valence-electron chi connectivity index (χ3n) is 1.34. The van der Waals surface area contributed by atoms with Gasteiger partial charge in [0.05, 0.1) is 0 Å². The summed E-state index contributed by atoms with van der Waals surface area (Å²) in [7, 11) is 0. The fourth-order valence-electron chi connectivity index (χ4n) is 0.711. The van der Waals surface area contributed by atoms with Crippen molar-refractivity contribution >= 4 is 0 Å². The van der Waals surface area contributed by atoms with E-state index < -0.39 is 0 Å². The molecule has 0 amide bonds. The van der Waals surface area contributed by atoms with Crippen molar-refractivity contribution < 1.29 is 0 Å². The highest BCUT2D eigenvalue weighted by Crippen LogP contribution is 1.94. The minimum Gasteiger partial charge on any atom is -0.120 e. The Morgan fingerprint density at radius 1 is 1.27 bits per heavy atom. The summed E-state index contributed by atoms with van der Waals surface area (Å²) in [6.07, 6.45) is 17.8. The van der Waals surface area contributed by atoms with E-state index in [1.54, 1.807) is 0 Å². The maximum absolute atomic E-state index is 5.07. The van der Waals surface area contributed by atoms with E-state index in [2.05, 4.69) is 25.0 Å². The number of hydrogen-bond acceptors (Lipinski definition) is 0. The van der Waals surface area contributed by atoms with Crippen LogP contribution in [0.5, 0.6) is 0 Å². The van der Waals surface area contributed by atoms with Crippen LogP contribution in [0.3, 0.4) is 0 Å². The van der Waals surface area contributed by atoms with Gasteiger partial charge in [-0.05, 0) is 6.42 Å². The number of allylic oxidation sites excluding steroid dienone is 4. The first-order chi connectivity index (χ1) is 5.41. The van der Waals surface area contributed by atoms with E-state index in [-0.39, 0.29) is 0 Å². The largest absolute Gasteiger partial charge is 0.120 e. The van der Waals surface area contributed by atoms with Crippen molar-refractivity contribution in [2.24, 2.45) is 0 Å². The summed E-state index contributed by atoms with van der Waals surface area (Å²) >= 11 is 0. The summed E-state index contributed by atoms with van der Waals surface area (Å²) < 4.78 is 0. The average Bonchev–Trinajstić information content (AvgIpc) is 2.03. The molecule has 0 aromatic rings. The maximum atomic E-state index is 5.07. The van der Waals surface area contributed by atoms with Gasteiger partial charge in [-0.15, -0.1) is 12.3 Å². The zero-order chi connectivity index (χ0) is 8.36. The lowest BCUT2D eigenvalue weighted by molar-refractivity contribution is 0.815. The zero-order valence-corrected chi connectivity index (χ0v) is 7.22. The van der Waals surface area contributed by atoms with E-state index in [0.29, 0.717) is 0 Å². The molecule has 0 N–H and O–H groups in total. The molecule has 0 nitrogen and oxygen atoms in total. The van der Waals surface area contributed by atoms with E-state index >= 15 is 0 Å². The number of rotatable bonds is 5. The Morgan fingerprint density at radius 2 is 2.00 bits per heavy atom. The topological polar surface area (TPSA) is 0 Å². The minimum absolute atomic E-state index is 0.734. The molecular weight excluding hydrogens is 132 g/mol. The van der Waals surface area contributed by atoms with Gasteiger partial charge in [0.15, 0.2) is 0 Å². The second-order valence-electron chi connectivity index (χ2n) is 2.41. The van der Waals surface area contributed by atoms with Crippen molar-refractivity contribution in [1.29, 1.82) is 0 Å². The smallest absolute Gasteiger partial charge is 0.0270 e. The molecule has 0 bridgehead atoms. The van der Waals surface area contributed by atoms with Crippen molar-refractivity contribution in [3.63, 3.8) is 0 Å². The molecule has 60 valence electrons. The Hall–Kier alpha value is -0.960. The van der Waals surface area contributed by atoms with Crippen molar-refractivity contribution in [2.75, 3.05) is 0 Å². The molecule has 0 saturated carbocycles. The van der Waals surface area contributed by atoms with Gasteiger partial charge in [-0.2, -0.15) is 0 Å². The molecule has 0 saturated heterocycles. The summed E-state index contributed by atoms with van der Waals surface area (Å²) in [6, 6.07) is 0. The van der Waals surface area contributed by atoms with Gasteiger partial charge in [-0.3, -0.25) is 0 Å². The van der Waals surface area contributed by atoms with Crippen LogP contribution in [-0.2, 0) is 0 Å². The van der Waals surface area contributed by atoms with Crippen LogP contribution in [0, 0.1) is 12.3 Å². The molecule has 0 aliphatic rings. The molecule has 0 heterocycles. The van der Waals surface area contributed by atoms with E-state index in [4.69, 9.17) is 6.42 Å². The van der Waals surface area contributed by atoms with Crippen LogP contribution in [-0.4, -0.2) is 0 Å². The molecule has 0 aromatic carbocycles. The van der Waals surface area contributed by atoms with Gasteiger partial charge in [-0.25, -0.2) is 0 Å². The lowest BCUT2D eigenvalue weighted by Crippen LogP contribution is -1.65.